The second-order valence-electron chi connectivity index (χ2n) is 19.5. The van der Waals surface area contributed by atoms with E-state index in [0.29, 0.717) is 67.3 Å². The highest BCUT2D eigenvalue weighted by atomic mass is 32.1. The second-order valence-corrected chi connectivity index (χ2v) is 22.2. The van der Waals surface area contributed by atoms with Crippen LogP contribution in [0.15, 0.2) is 41.9 Å². The maximum absolute atomic E-state index is 14.7. The molecule has 4 aliphatic heterocycles. The Morgan fingerprint density at radius 1 is 1.14 bits per heavy atom. The van der Waals surface area contributed by atoms with Crippen LogP contribution < -0.4 is 10.7 Å². The number of aromatic nitrogens is 3. The van der Waals surface area contributed by atoms with Crippen LogP contribution in [0.5, 0.6) is 0 Å². The van der Waals surface area contributed by atoms with E-state index in [1.165, 1.54) is 21.2 Å². The second kappa shape index (κ2) is 17.9. The lowest BCUT2D eigenvalue weighted by Crippen LogP contribution is -2.68. The predicted molar refractivity (Wildman–Crippen MR) is 249 cm³/mol. The van der Waals surface area contributed by atoms with Crippen LogP contribution in [0, 0.1) is 11.3 Å². The maximum Gasteiger partial charge on any atom is 0.323 e. The van der Waals surface area contributed by atoms with Crippen LogP contribution in [-0.4, -0.2) is 133 Å². The topological polar surface area (TPSA) is 160 Å². The van der Waals surface area contributed by atoms with Crippen LogP contribution in [0.25, 0.3) is 33.4 Å². The molecule has 4 atom stereocenters. The highest BCUT2D eigenvalue weighted by Crippen LogP contribution is 2.42. The van der Waals surface area contributed by atoms with Gasteiger partial charge in [-0.05, 0) is 81.7 Å². The van der Waals surface area contributed by atoms with Gasteiger partial charge < -0.3 is 33.9 Å². The average molecular weight is 913 g/mol. The quantitative estimate of drug-likeness (QED) is 0.185. The first-order valence-corrected chi connectivity index (χ1v) is 24.7. The normalized spacial score (nSPS) is 23.2. The molecule has 6 bridgehead atoms. The van der Waals surface area contributed by atoms with Crippen molar-refractivity contribution >= 4 is 56.3 Å². The standard InChI is InChI=1S/C47H64N8O7SSi/c1-9-54-36-15-14-30-21-32(36)33(40(54)31-13-10-18-48-38(31)29(4)60-8)23-45(5,6)27-61-43(58)47(64)17-11-19-55(51-47)42(57)34(22-37-49-35(30)24-63-37)50-41(56)39(28(2)3)52(7)44(59)53-25-46(26-53)16-12-20-62-46/h10,13-15,18,21,24,28-29,34,39,51H,9,11-12,16-17,19-20,22-23,25-27H2,1-8,64H3,(H,50,56)/t29-,34-,39-,47-/m0/s1. The molecule has 0 saturated carbocycles. The Morgan fingerprint density at radius 2 is 1.92 bits per heavy atom. The molecule has 8 rings (SSSR count). The summed E-state index contributed by atoms with van der Waals surface area (Å²) < 4.78 is 20.4. The van der Waals surface area contributed by atoms with E-state index in [4.69, 9.17) is 24.2 Å². The lowest BCUT2D eigenvalue weighted by atomic mass is 9.84. The molecule has 7 heterocycles. The van der Waals surface area contributed by atoms with E-state index in [1.807, 2.05) is 32.2 Å². The third-order valence-electron chi connectivity index (χ3n) is 13.6. The molecule has 4 aliphatic rings. The van der Waals surface area contributed by atoms with Crippen LogP contribution in [0.3, 0.4) is 0 Å². The fourth-order valence-electron chi connectivity index (χ4n) is 10.1. The molecule has 2 N–H and O–H groups in total. The van der Waals surface area contributed by atoms with Crippen molar-refractivity contribution < 1.29 is 33.4 Å². The van der Waals surface area contributed by atoms with Gasteiger partial charge in [-0.25, -0.2) is 15.2 Å². The zero-order valence-corrected chi connectivity index (χ0v) is 41.6. The van der Waals surface area contributed by atoms with E-state index in [9.17, 15) is 19.2 Å². The molecule has 0 radical (unpaired) electrons. The van der Waals surface area contributed by atoms with Gasteiger partial charge in [0.1, 0.15) is 22.8 Å². The molecule has 64 heavy (non-hydrogen) atoms. The SMILES string of the molecule is CCn1c(-c2cccnc2[C@H](C)OC)c2c3cc(ccc31)-c1csc(n1)C[C@H](NC(=O)[C@H](C(C)C)N(C)C(=O)N1CC3(CCCO3)C1)C(=O)N1CCC[C@@]([SiH3])(N1)C(=O)OCC(C)(C)C2. The first-order chi connectivity index (χ1) is 30.5. The van der Waals surface area contributed by atoms with E-state index in [-0.39, 0.29) is 42.6 Å². The minimum Gasteiger partial charge on any atom is -0.464 e. The van der Waals surface area contributed by atoms with Crippen molar-refractivity contribution in [3.8, 4) is 22.5 Å². The van der Waals surface area contributed by atoms with Crippen LogP contribution in [-0.2, 0) is 48.0 Å². The number of aryl methyl sites for hydroxylation is 1. The zero-order chi connectivity index (χ0) is 45.7. The number of carbonyl (C=O) groups is 4. The predicted octanol–water partition coefficient (Wildman–Crippen LogP) is 4.84. The van der Waals surface area contributed by atoms with Gasteiger partial charge in [-0.15, -0.1) is 11.3 Å². The number of carbonyl (C=O) groups excluding carboxylic acids is 4. The highest BCUT2D eigenvalue weighted by molar-refractivity contribution is 7.10. The first kappa shape index (κ1) is 45.9. The lowest BCUT2D eigenvalue weighted by molar-refractivity contribution is -0.158. The number of esters is 1. The summed E-state index contributed by atoms with van der Waals surface area (Å²) in [6.07, 6.45) is 5.24. The highest BCUT2D eigenvalue weighted by Gasteiger charge is 2.50. The molecule has 15 nitrogen and oxygen atoms in total. The van der Waals surface area contributed by atoms with Crippen molar-refractivity contribution in [3.05, 3.63) is 58.2 Å². The number of nitrogens with zero attached hydrogens (tertiary/aromatic N) is 6. The first-order valence-electron chi connectivity index (χ1n) is 22.8. The largest absolute Gasteiger partial charge is 0.464 e. The lowest BCUT2D eigenvalue weighted by Gasteiger charge is -2.49. The summed E-state index contributed by atoms with van der Waals surface area (Å²) >= 11 is 1.43. The number of rotatable bonds is 8. The van der Waals surface area contributed by atoms with Crippen LogP contribution in [0.1, 0.15) is 89.6 Å². The molecule has 3 fully saturated rings. The van der Waals surface area contributed by atoms with Crippen molar-refractivity contribution in [1.29, 1.82) is 0 Å². The van der Waals surface area contributed by atoms with Gasteiger partial charge in [0.2, 0.25) is 5.91 Å². The van der Waals surface area contributed by atoms with Crippen LogP contribution in [0.2, 0.25) is 0 Å². The van der Waals surface area contributed by atoms with Gasteiger partial charge in [0.25, 0.3) is 5.91 Å². The number of thiazole rings is 1. The summed E-state index contributed by atoms with van der Waals surface area (Å²) in [7, 11) is 3.71. The van der Waals surface area contributed by atoms with E-state index >= 15 is 0 Å². The van der Waals surface area contributed by atoms with Crippen molar-refractivity contribution in [1.82, 2.24) is 40.1 Å². The molecule has 3 aromatic heterocycles. The van der Waals surface area contributed by atoms with E-state index in [1.54, 1.807) is 25.3 Å². The molecule has 0 aliphatic carbocycles. The Kier molecular flexibility index (Phi) is 12.9. The molecular formula is C47H64N8O7SSi. The van der Waals surface area contributed by atoms with Crippen molar-refractivity contribution in [3.63, 3.8) is 0 Å². The van der Waals surface area contributed by atoms with E-state index < -0.39 is 34.5 Å². The summed E-state index contributed by atoms with van der Waals surface area (Å²) in [6.45, 7) is 15.1. The number of hydrogen-bond donors (Lipinski definition) is 2. The Balaban J connectivity index is 1.17. The number of methoxy groups -OCH3 is 1. The Morgan fingerprint density at radius 3 is 2.62 bits per heavy atom. The molecule has 1 aromatic carbocycles. The van der Waals surface area contributed by atoms with Crippen molar-refractivity contribution in [2.24, 2.45) is 11.3 Å². The number of hydrazine groups is 1. The number of urea groups is 1. The van der Waals surface area contributed by atoms with Gasteiger partial charge in [0.05, 0.1) is 47.9 Å². The van der Waals surface area contributed by atoms with Crippen molar-refractivity contribution in [2.75, 3.05) is 47.0 Å². The molecule has 4 amide bonds. The number of ether oxygens (including phenoxy) is 3. The van der Waals surface area contributed by atoms with Crippen LogP contribution >= 0.6 is 11.3 Å². The van der Waals surface area contributed by atoms with E-state index in [0.717, 1.165) is 57.5 Å². The summed E-state index contributed by atoms with van der Waals surface area (Å²) in [5.74, 6) is -1.47. The number of likely N-dealkylation sites (N-methyl/N-ethyl adjacent to an activating group) is 1. The molecule has 344 valence electrons. The molecule has 3 saturated heterocycles. The molecular weight excluding hydrogens is 849 g/mol. The van der Waals surface area contributed by atoms with E-state index in [2.05, 4.69) is 60.3 Å². The van der Waals surface area contributed by atoms with Crippen LogP contribution in [0.4, 0.5) is 4.79 Å². The fraction of sp³-hybridized carbons (Fsp3) is 0.574. The number of nitrogens with one attached hydrogen (secondary N) is 2. The number of benzene rings is 1. The molecule has 17 heteroatoms. The zero-order valence-electron chi connectivity index (χ0n) is 38.8. The average Bonchev–Trinajstić information content (AvgIpc) is 4.02. The number of hydrogen-bond acceptors (Lipinski definition) is 11. The van der Waals surface area contributed by atoms with Gasteiger partial charge in [-0.2, -0.15) is 0 Å². The number of amides is 4. The summed E-state index contributed by atoms with van der Waals surface area (Å²) in [5, 5.41) is 7.22. The minimum absolute atomic E-state index is 0.111. The number of cyclic esters (lactones) is 1. The number of fused-ring (bicyclic) bond motifs is 6. The Labute approximate surface area is 383 Å². The molecule has 0 unspecified atom stereocenters. The smallest absolute Gasteiger partial charge is 0.323 e. The van der Waals surface area contributed by atoms with Crippen molar-refractivity contribution in [2.45, 2.75) is 116 Å². The number of pyridine rings is 1. The van der Waals surface area contributed by atoms with Gasteiger partial charge in [0, 0.05) is 89.5 Å². The van der Waals surface area contributed by atoms with Gasteiger partial charge >= 0.3 is 12.0 Å². The van der Waals surface area contributed by atoms with Gasteiger partial charge in [-0.3, -0.25) is 24.4 Å². The summed E-state index contributed by atoms with van der Waals surface area (Å²) in [5.41, 5.74) is 9.27. The molecule has 4 aromatic rings. The maximum atomic E-state index is 14.7. The summed E-state index contributed by atoms with van der Waals surface area (Å²) in [4.78, 5) is 70.3. The Hall–Kier alpha value is -4.68. The third kappa shape index (κ3) is 8.73. The monoisotopic (exact) mass is 912 g/mol. The van der Waals surface area contributed by atoms with Gasteiger partial charge in [0.15, 0.2) is 0 Å². The van der Waals surface area contributed by atoms with Gasteiger partial charge in [-0.1, -0.05) is 33.8 Å². The molecule has 1 spiro atoms. The third-order valence-corrected chi connectivity index (χ3v) is 15.6. The Bertz CT molecular complexity index is 2420. The number of likely N-dealkylation sites (tertiary alicyclic amines) is 1. The summed E-state index contributed by atoms with van der Waals surface area (Å²) in [6, 6.07) is 8.34. The minimum atomic E-state index is -1.07. The fourth-order valence-corrected chi connectivity index (χ4v) is 11.7.